The lowest BCUT2D eigenvalue weighted by Crippen LogP contribution is -2.56. The minimum Gasteiger partial charge on any atom is -0.379 e. The Labute approximate surface area is 112 Å². The number of nitrogens with one attached hydrogen (secondary N) is 2. The Hall–Kier alpha value is -1.59. The van der Waals surface area contributed by atoms with Gasteiger partial charge in [-0.15, -0.1) is 0 Å². The predicted octanol–water partition coefficient (Wildman–Crippen LogP) is 2.17. The Balaban J connectivity index is 1.68. The Morgan fingerprint density at radius 3 is 3.16 bits per heavy atom. The summed E-state index contributed by atoms with van der Waals surface area (Å²) in [7, 11) is 1.74. The second-order valence-electron chi connectivity index (χ2n) is 4.85. The van der Waals surface area contributed by atoms with Gasteiger partial charge in [0, 0.05) is 24.8 Å². The summed E-state index contributed by atoms with van der Waals surface area (Å²) in [6.45, 7) is 2.75. The highest BCUT2D eigenvalue weighted by Crippen LogP contribution is 2.30. The first kappa shape index (κ1) is 12.4. The molecule has 0 amide bonds. The molecule has 1 aromatic carbocycles. The van der Waals surface area contributed by atoms with Crippen LogP contribution in [0.15, 0.2) is 24.4 Å². The molecule has 19 heavy (non-hydrogen) atoms. The van der Waals surface area contributed by atoms with E-state index in [1.807, 2.05) is 13.1 Å². The first-order valence-corrected chi connectivity index (χ1v) is 6.66. The van der Waals surface area contributed by atoms with Crippen LogP contribution in [0, 0.1) is 0 Å². The summed E-state index contributed by atoms with van der Waals surface area (Å²) in [5.41, 5.74) is 2.12. The number of hydrogen-bond donors (Lipinski definition) is 2. The predicted molar refractivity (Wildman–Crippen MR) is 74.3 cm³/mol. The molecule has 5 heteroatoms. The zero-order valence-electron chi connectivity index (χ0n) is 11.2. The van der Waals surface area contributed by atoms with Crippen LogP contribution in [0.5, 0.6) is 0 Å². The van der Waals surface area contributed by atoms with Crippen LogP contribution in [0.1, 0.15) is 13.3 Å². The number of fused-ring (bicyclic) bond motifs is 1. The van der Waals surface area contributed by atoms with Gasteiger partial charge in [-0.1, -0.05) is 0 Å². The maximum Gasteiger partial charge on any atom is 0.103 e. The maximum absolute atomic E-state index is 5.63. The van der Waals surface area contributed by atoms with Gasteiger partial charge in [0.1, 0.15) is 6.10 Å². The summed E-state index contributed by atoms with van der Waals surface area (Å²) in [5.74, 6) is 0. The summed E-state index contributed by atoms with van der Waals surface area (Å²) >= 11 is 0. The van der Waals surface area contributed by atoms with Crippen molar-refractivity contribution in [3.63, 3.8) is 0 Å². The van der Waals surface area contributed by atoms with Gasteiger partial charge >= 0.3 is 0 Å². The van der Waals surface area contributed by atoms with Crippen molar-refractivity contribution in [2.24, 2.45) is 0 Å². The third-order valence-electron chi connectivity index (χ3n) is 3.70. The number of H-pyrrole nitrogens is 1. The van der Waals surface area contributed by atoms with Crippen LogP contribution < -0.4 is 5.32 Å². The lowest BCUT2D eigenvalue weighted by Gasteiger charge is -2.43. The van der Waals surface area contributed by atoms with Crippen LogP contribution in [0.25, 0.3) is 10.9 Å². The first-order valence-electron chi connectivity index (χ1n) is 6.66. The molecule has 2 N–H and O–H groups in total. The number of hydrogen-bond acceptors (Lipinski definition) is 4. The van der Waals surface area contributed by atoms with E-state index in [2.05, 4.69) is 33.7 Å². The van der Waals surface area contributed by atoms with Gasteiger partial charge in [-0.2, -0.15) is 5.10 Å². The van der Waals surface area contributed by atoms with Gasteiger partial charge in [-0.05, 0) is 31.5 Å². The Morgan fingerprint density at radius 1 is 1.47 bits per heavy atom. The summed E-state index contributed by atoms with van der Waals surface area (Å²) in [6.07, 6.45) is 3.14. The number of nitrogens with zero attached hydrogens (tertiary/aromatic N) is 1. The van der Waals surface area contributed by atoms with Gasteiger partial charge in [0.25, 0.3) is 0 Å². The van der Waals surface area contributed by atoms with Crippen LogP contribution in [0.2, 0.25) is 0 Å². The van der Waals surface area contributed by atoms with Crippen molar-refractivity contribution in [1.82, 2.24) is 10.2 Å². The molecule has 3 rings (SSSR count). The largest absolute Gasteiger partial charge is 0.379 e. The highest BCUT2D eigenvalue weighted by atomic mass is 16.5. The summed E-state index contributed by atoms with van der Waals surface area (Å²) in [6, 6.07) is 6.51. The van der Waals surface area contributed by atoms with E-state index < -0.39 is 0 Å². The number of rotatable bonds is 5. The normalized spacial score (nSPS) is 26.3. The lowest BCUT2D eigenvalue weighted by atomic mass is 9.85. The van der Waals surface area contributed by atoms with Crippen molar-refractivity contribution in [2.45, 2.75) is 31.6 Å². The van der Waals surface area contributed by atoms with Crippen LogP contribution in [0.3, 0.4) is 0 Å². The molecule has 1 saturated carbocycles. The summed E-state index contributed by atoms with van der Waals surface area (Å²) < 4.78 is 11.1. The van der Waals surface area contributed by atoms with Gasteiger partial charge in [-0.3, -0.25) is 5.10 Å². The molecule has 0 aliphatic heterocycles. The van der Waals surface area contributed by atoms with Crippen molar-refractivity contribution in [3.8, 4) is 0 Å². The molecule has 3 unspecified atom stereocenters. The molecule has 5 nitrogen and oxygen atoms in total. The smallest absolute Gasteiger partial charge is 0.103 e. The third kappa shape index (κ3) is 2.31. The van der Waals surface area contributed by atoms with E-state index in [-0.39, 0.29) is 12.2 Å². The molecule has 1 aliphatic carbocycles. The summed E-state index contributed by atoms with van der Waals surface area (Å²) in [4.78, 5) is 0. The van der Waals surface area contributed by atoms with Crippen molar-refractivity contribution in [2.75, 3.05) is 19.0 Å². The summed E-state index contributed by atoms with van der Waals surface area (Å²) in [5, 5.41) is 11.6. The number of methoxy groups -OCH3 is 1. The molecule has 1 heterocycles. The topological polar surface area (TPSA) is 59.2 Å². The van der Waals surface area contributed by atoms with Crippen LogP contribution in [-0.2, 0) is 9.47 Å². The van der Waals surface area contributed by atoms with E-state index in [0.29, 0.717) is 6.04 Å². The number of aromatic amines is 1. The SMILES string of the molecule is CCOC1CC(Nc2ccc3cn[nH]c3c2)C1OC. The first-order chi connectivity index (χ1) is 9.31. The molecule has 0 radical (unpaired) electrons. The zero-order chi connectivity index (χ0) is 13.2. The molecular weight excluding hydrogens is 242 g/mol. The number of anilines is 1. The molecule has 0 spiro atoms. The van der Waals surface area contributed by atoms with Crippen molar-refractivity contribution in [3.05, 3.63) is 24.4 Å². The van der Waals surface area contributed by atoms with Gasteiger partial charge < -0.3 is 14.8 Å². The lowest BCUT2D eigenvalue weighted by molar-refractivity contribution is -0.118. The average molecular weight is 261 g/mol. The standard InChI is InChI=1S/C14H19N3O2/c1-3-19-13-7-12(14(13)18-2)16-10-5-4-9-8-15-17-11(9)6-10/h4-6,8,12-14,16H,3,7H2,1-2H3,(H,15,17). The van der Waals surface area contributed by atoms with Gasteiger partial charge in [0.2, 0.25) is 0 Å². The Kier molecular flexibility index (Phi) is 3.40. The van der Waals surface area contributed by atoms with E-state index in [4.69, 9.17) is 9.47 Å². The van der Waals surface area contributed by atoms with Gasteiger partial charge in [-0.25, -0.2) is 0 Å². The van der Waals surface area contributed by atoms with Crippen molar-refractivity contribution in [1.29, 1.82) is 0 Å². The molecule has 2 aromatic rings. The van der Waals surface area contributed by atoms with Crippen LogP contribution >= 0.6 is 0 Å². The molecule has 0 bridgehead atoms. The second kappa shape index (κ2) is 5.19. The molecule has 3 atom stereocenters. The van der Waals surface area contributed by atoms with Crippen LogP contribution in [0.4, 0.5) is 5.69 Å². The van der Waals surface area contributed by atoms with E-state index >= 15 is 0 Å². The third-order valence-corrected chi connectivity index (χ3v) is 3.70. The second-order valence-corrected chi connectivity index (χ2v) is 4.85. The highest BCUT2D eigenvalue weighted by Gasteiger charge is 2.42. The Morgan fingerprint density at radius 2 is 2.37 bits per heavy atom. The maximum atomic E-state index is 5.63. The number of benzene rings is 1. The molecule has 0 saturated heterocycles. The monoisotopic (exact) mass is 261 g/mol. The molecule has 1 aliphatic rings. The van der Waals surface area contributed by atoms with Gasteiger partial charge in [0.15, 0.2) is 0 Å². The fraction of sp³-hybridized carbons (Fsp3) is 0.500. The molecular formula is C14H19N3O2. The quantitative estimate of drug-likeness (QED) is 0.866. The number of ether oxygens (including phenoxy) is 2. The fourth-order valence-corrected chi connectivity index (χ4v) is 2.66. The van der Waals surface area contributed by atoms with E-state index in [0.717, 1.165) is 29.6 Å². The van der Waals surface area contributed by atoms with Crippen LogP contribution in [-0.4, -0.2) is 42.2 Å². The van der Waals surface area contributed by atoms with E-state index in [9.17, 15) is 0 Å². The highest BCUT2D eigenvalue weighted by molar-refractivity contribution is 5.81. The van der Waals surface area contributed by atoms with Gasteiger partial charge in [0.05, 0.1) is 23.9 Å². The molecule has 102 valence electrons. The minimum absolute atomic E-state index is 0.123. The van der Waals surface area contributed by atoms with Crippen molar-refractivity contribution >= 4 is 16.6 Å². The zero-order valence-corrected chi connectivity index (χ0v) is 11.2. The molecule has 1 fully saturated rings. The number of aromatic nitrogens is 2. The van der Waals surface area contributed by atoms with Crippen molar-refractivity contribution < 1.29 is 9.47 Å². The van der Waals surface area contributed by atoms with E-state index in [1.54, 1.807) is 7.11 Å². The molecule has 1 aromatic heterocycles. The average Bonchev–Trinajstić information content (AvgIpc) is 2.85. The Bertz CT molecular complexity index is 554. The fourth-order valence-electron chi connectivity index (χ4n) is 2.66. The minimum atomic E-state index is 0.123. The van der Waals surface area contributed by atoms with E-state index in [1.165, 1.54) is 0 Å².